The van der Waals surface area contributed by atoms with Crippen LogP contribution >= 0.6 is 0 Å². The van der Waals surface area contributed by atoms with E-state index in [2.05, 4.69) is 15.3 Å². The summed E-state index contributed by atoms with van der Waals surface area (Å²) in [4.78, 5) is 9.31. The van der Waals surface area contributed by atoms with E-state index in [9.17, 15) is 5.11 Å². The highest BCUT2D eigenvalue weighted by atomic mass is 16.3. The van der Waals surface area contributed by atoms with E-state index in [1.54, 1.807) is 0 Å². The van der Waals surface area contributed by atoms with Crippen molar-refractivity contribution < 1.29 is 9.52 Å². The number of hydrogen-bond acceptors (Lipinski definition) is 5. The van der Waals surface area contributed by atoms with Crippen molar-refractivity contribution in [3.8, 4) is 5.75 Å². The maximum atomic E-state index is 10.5. The number of phenols is 1. The summed E-state index contributed by atoms with van der Waals surface area (Å²) in [6, 6.07) is 11.8. The molecule has 2 heterocycles. The van der Waals surface area contributed by atoms with Crippen molar-refractivity contribution in [2.24, 2.45) is 0 Å². The van der Waals surface area contributed by atoms with Gasteiger partial charge in [0.25, 0.3) is 0 Å². The summed E-state index contributed by atoms with van der Waals surface area (Å²) in [6.45, 7) is 2.03. The van der Waals surface area contributed by atoms with Gasteiger partial charge in [-0.3, -0.25) is 0 Å². The Morgan fingerprint density at radius 1 is 1.07 bits per heavy atom. The molecule has 27 heavy (non-hydrogen) atoms. The molecular weight excluding hydrogens is 338 g/mol. The first-order valence-corrected chi connectivity index (χ1v) is 9.53. The Balaban J connectivity index is 1.66. The highest BCUT2D eigenvalue weighted by Crippen LogP contribution is 2.37. The Bertz CT molecular complexity index is 1160. The van der Waals surface area contributed by atoms with Gasteiger partial charge in [-0.1, -0.05) is 19.1 Å². The van der Waals surface area contributed by atoms with E-state index >= 15 is 0 Å². The maximum Gasteiger partial charge on any atom is 0.196 e. The van der Waals surface area contributed by atoms with Gasteiger partial charge in [0.2, 0.25) is 0 Å². The molecule has 0 saturated carbocycles. The average molecular weight is 359 g/mol. The lowest BCUT2D eigenvalue weighted by Crippen LogP contribution is -2.05. The first kappa shape index (κ1) is 16.1. The molecule has 1 aliphatic carbocycles. The van der Waals surface area contributed by atoms with Crippen LogP contribution in [0.25, 0.3) is 22.1 Å². The molecule has 0 bridgehead atoms. The van der Waals surface area contributed by atoms with Crippen LogP contribution in [-0.4, -0.2) is 15.1 Å². The highest BCUT2D eigenvalue weighted by Gasteiger charge is 2.18. The van der Waals surface area contributed by atoms with Crippen LogP contribution in [0.4, 0.5) is 11.5 Å². The number of phenolic OH excluding ortho intramolecular Hbond substituents is 1. The number of benzene rings is 2. The van der Waals surface area contributed by atoms with Gasteiger partial charge < -0.3 is 14.8 Å². The fourth-order valence-corrected chi connectivity index (χ4v) is 3.88. The van der Waals surface area contributed by atoms with Crippen LogP contribution in [0.15, 0.2) is 40.8 Å². The molecule has 0 radical (unpaired) electrons. The van der Waals surface area contributed by atoms with Gasteiger partial charge in [0, 0.05) is 11.8 Å². The summed E-state index contributed by atoms with van der Waals surface area (Å²) in [5, 5.41) is 14.8. The Hall–Kier alpha value is -3.08. The number of fused-ring (bicyclic) bond motifs is 4. The number of anilines is 2. The lowest BCUT2D eigenvalue weighted by Gasteiger charge is -2.18. The lowest BCUT2D eigenvalue weighted by molar-refractivity contribution is 0.475. The van der Waals surface area contributed by atoms with Crippen LogP contribution in [-0.2, 0) is 19.3 Å². The smallest absolute Gasteiger partial charge is 0.196 e. The summed E-state index contributed by atoms with van der Waals surface area (Å²) >= 11 is 0. The SMILES string of the molecule is CCc1nc(Nc2cc3c(cc2O)CCCC3)c2oc3ccccc3c2n1. The van der Waals surface area contributed by atoms with Crippen LogP contribution in [0, 0.1) is 0 Å². The molecule has 5 rings (SSSR count). The first-order valence-electron chi connectivity index (χ1n) is 9.53. The molecule has 1 aliphatic rings. The molecule has 0 spiro atoms. The number of aromatic hydroxyl groups is 1. The molecule has 2 aromatic carbocycles. The van der Waals surface area contributed by atoms with Gasteiger partial charge in [-0.15, -0.1) is 0 Å². The van der Waals surface area contributed by atoms with Gasteiger partial charge in [-0.2, -0.15) is 0 Å². The lowest BCUT2D eigenvalue weighted by atomic mass is 9.91. The zero-order valence-electron chi connectivity index (χ0n) is 15.2. The van der Waals surface area contributed by atoms with E-state index in [1.165, 1.54) is 24.0 Å². The molecular formula is C22H21N3O2. The predicted octanol–water partition coefficient (Wildman–Crippen LogP) is 5.27. The zero-order valence-corrected chi connectivity index (χ0v) is 15.2. The van der Waals surface area contributed by atoms with E-state index in [0.717, 1.165) is 41.6 Å². The number of nitrogens with one attached hydrogen (secondary N) is 1. The van der Waals surface area contributed by atoms with E-state index in [4.69, 9.17) is 4.42 Å². The topological polar surface area (TPSA) is 71.2 Å². The minimum absolute atomic E-state index is 0.247. The number of aromatic nitrogens is 2. The zero-order chi connectivity index (χ0) is 18.4. The van der Waals surface area contributed by atoms with Crippen LogP contribution in [0.5, 0.6) is 5.75 Å². The summed E-state index contributed by atoms with van der Waals surface area (Å²) < 4.78 is 6.04. The van der Waals surface area contributed by atoms with Crippen molar-refractivity contribution in [1.82, 2.24) is 9.97 Å². The normalized spacial score (nSPS) is 13.8. The Labute approximate surface area is 157 Å². The van der Waals surface area contributed by atoms with E-state index in [0.29, 0.717) is 17.1 Å². The van der Waals surface area contributed by atoms with Crippen molar-refractivity contribution in [3.63, 3.8) is 0 Å². The fourth-order valence-electron chi connectivity index (χ4n) is 3.88. The molecule has 0 unspecified atom stereocenters. The number of hydrogen-bond donors (Lipinski definition) is 2. The number of para-hydroxylation sites is 1. The number of rotatable bonds is 3. The van der Waals surface area contributed by atoms with Crippen LogP contribution in [0.1, 0.15) is 36.7 Å². The second kappa shape index (κ2) is 6.27. The Morgan fingerprint density at radius 3 is 2.67 bits per heavy atom. The second-order valence-corrected chi connectivity index (χ2v) is 7.09. The molecule has 0 saturated heterocycles. The third-order valence-corrected chi connectivity index (χ3v) is 5.30. The van der Waals surface area contributed by atoms with E-state index < -0.39 is 0 Å². The third kappa shape index (κ3) is 2.70. The number of nitrogens with zero attached hydrogens (tertiary/aromatic N) is 2. The molecule has 136 valence electrons. The summed E-state index contributed by atoms with van der Waals surface area (Å²) in [6.07, 6.45) is 5.18. The van der Waals surface area contributed by atoms with Crippen LogP contribution < -0.4 is 5.32 Å². The summed E-state index contributed by atoms with van der Waals surface area (Å²) in [7, 11) is 0. The molecule has 2 aromatic heterocycles. The summed E-state index contributed by atoms with van der Waals surface area (Å²) in [5.41, 5.74) is 5.41. The second-order valence-electron chi connectivity index (χ2n) is 7.09. The van der Waals surface area contributed by atoms with E-state index in [1.807, 2.05) is 43.3 Å². The minimum Gasteiger partial charge on any atom is -0.506 e. The van der Waals surface area contributed by atoms with Crippen molar-refractivity contribution in [2.75, 3.05) is 5.32 Å². The standard InChI is InChI=1S/C22H21N3O2/c1-2-19-24-20-15-9-5-6-10-18(15)27-21(20)22(25-19)23-16-11-13-7-3-4-8-14(13)12-17(16)26/h5-6,9-12,26H,2-4,7-8H2,1H3,(H,23,24,25). The van der Waals surface area contributed by atoms with Crippen LogP contribution in [0.3, 0.4) is 0 Å². The number of furan rings is 1. The first-order chi connectivity index (χ1) is 13.2. The van der Waals surface area contributed by atoms with Crippen LogP contribution in [0.2, 0.25) is 0 Å². The van der Waals surface area contributed by atoms with E-state index in [-0.39, 0.29) is 5.75 Å². The molecule has 0 fully saturated rings. The molecule has 4 aromatic rings. The van der Waals surface area contributed by atoms with Gasteiger partial charge in [-0.25, -0.2) is 9.97 Å². The van der Waals surface area contributed by atoms with Gasteiger partial charge in [0.15, 0.2) is 11.4 Å². The molecule has 5 nitrogen and oxygen atoms in total. The van der Waals surface area contributed by atoms with Crippen molar-refractivity contribution in [1.29, 1.82) is 0 Å². The maximum absolute atomic E-state index is 10.5. The molecule has 5 heteroatoms. The van der Waals surface area contributed by atoms with Crippen molar-refractivity contribution in [2.45, 2.75) is 39.0 Å². The van der Waals surface area contributed by atoms with Gasteiger partial charge in [0.1, 0.15) is 22.7 Å². The quantitative estimate of drug-likeness (QED) is 0.488. The average Bonchev–Trinajstić information content (AvgIpc) is 3.07. The third-order valence-electron chi connectivity index (χ3n) is 5.30. The molecule has 0 amide bonds. The van der Waals surface area contributed by atoms with Gasteiger partial charge in [-0.05, 0) is 61.1 Å². The molecule has 2 N–H and O–H groups in total. The molecule has 0 aliphatic heterocycles. The number of aryl methyl sites for hydroxylation is 3. The van der Waals surface area contributed by atoms with Gasteiger partial charge >= 0.3 is 0 Å². The largest absolute Gasteiger partial charge is 0.506 e. The fraction of sp³-hybridized carbons (Fsp3) is 0.273. The molecule has 0 atom stereocenters. The Morgan fingerprint density at radius 2 is 1.85 bits per heavy atom. The van der Waals surface area contributed by atoms with Gasteiger partial charge in [0.05, 0.1) is 5.69 Å². The monoisotopic (exact) mass is 359 g/mol. The Kier molecular flexibility index (Phi) is 3.74. The predicted molar refractivity (Wildman–Crippen MR) is 107 cm³/mol. The van der Waals surface area contributed by atoms with Crippen molar-refractivity contribution >= 4 is 33.6 Å². The minimum atomic E-state index is 0.247. The summed E-state index contributed by atoms with van der Waals surface area (Å²) in [5.74, 6) is 1.59. The van der Waals surface area contributed by atoms with Crippen molar-refractivity contribution in [3.05, 3.63) is 53.3 Å². The highest BCUT2D eigenvalue weighted by molar-refractivity contribution is 6.06.